The normalized spacial score (nSPS) is 20.6. The highest BCUT2D eigenvalue weighted by molar-refractivity contribution is 5.79. The van der Waals surface area contributed by atoms with Crippen LogP contribution in [0.5, 0.6) is 0 Å². The summed E-state index contributed by atoms with van der Waals surface area (Å²) in [6.07, 6.45) is 2.66. The molecule has 1 aromatic carbocycles. The van der Waals surface area contributed by atoms with Crippen LogP contribution < -0.4 is 4.90 Å². The Morgan fingerprint density at radius 2 is 1.67 bits per heavy atom. The van der Waals surface area contributed by atoms with Gasteiger partial charge in [0.1, 0.15) is 0 Å². The van der Waals surface area contributed by atoms with Crippen LogP contribution >= 0.6 is 0 Å². The fourth-order valence-corrected chi connectivity index (χ4v) is 4.24. The lowest BCUT2D eigenvalue weighted by molar-refractivity contribution is -0.136. The SMILES string of the molecule is CN(C)C(=O)N1CCC(C(=O)N(C)CC2CCN(c3ccccc3)C2)CC1. The van der Waals surface area contributed by atoms with Crippen molar-refractivity contribution in [3.8, 4) is 0 Å². The Morgan fingerprint density at radius 3 is 2.30 bits per heavy atom. The van der Waals surface area contributed by atoms with Gasteiger partial charge >= 0.3 is 6.03 Å². The van der Waals surface area contributed by atoms with E-state index < -0.39 is 0 Å². The summed E-state index contributed by atoms with van der Waals surface area (Å²) in [5.41, 5.74) is 1.27. The van der Waals surface area contributed by atoms with Gasteiger partial charge in [-0.1, -0.05) is 18.2 Å². The number of likely N-dealkylation sites (tertiary alicyclic amines) is 1. The highest BCUT2D eigenvalue weighted by Gasteiger charge is 2.31. The fraction of sp³-hybridized carbons (Fsp3) is 0.619. The van der Waals surface area contributed by atoms with E-state index in [-0.39, 0.29) is 17.9 Å². The van der Waals surface area contributed by atoms with Crippen LogP contribution in [0.25, 0.3) is 0 Å². The van der Waals surface area contributed by atoms with Crippen LogP contribution in [0.4, 0.5) is 10.5 Å². The molecule has 6 heteroatoms. The molecule has 0 aliphatic carbocycles. The van der Waals surface area contributed by atoms with Gasteiger partial charge in [0.15, 0.2) is 0 Å². The first kappa shape index (κ1) is 19.5. The maximum atomic E-state index is 12.8. The molecule has 0 bridgehead atoms. The molecular formula is C21H32N4O2. The smallest absolute Gasteiger partial charge is 0.319 e. The van der Waals surface area contributed by atoms with Crippen LogP contribution in [0, 0.1) is 11.8 Å². The fourth-order valence-electron chi connectivity index (χ4n) is 4.24. The van der Waals surface area contributed by atoms with Crippen LogP contribution in [0.3, 0.4) is 0 Å². The van der Waals surface area contributed by atoms with E-state index in [4.69, 9.17) is 0 Å². The van der Waals surface area contributed by atoms with Gasteiger partial charge in [0.25, 0.3) is 0 Å². The van der Waals surface area contributed by atoms with Crippen LogP contribution in [0.15, 0.2) is 30.3 Å². The van der Waals surface area contributed by atoms with Crippen LogP contribution in [0.1, 0.15) is 19.3 Å². The first-order valence-corrected chi connectivity index (χ1v) is 9.97. The highest BCUT2D eigenvalue weighted by atomic mass is 16.2. The van der Waals surface area contributed by atoms with Gasteiger partial charge in [0, 0.05) is 65.5 Å². The zero-order chi connectivity index (χ0) is 19.4. The summed E-state index contributed by atoms with van der Waals surface area (Å²) in [6.45, 7) is 4.23. The Kier molecular flexibility index (Phi) is 6.24. The molecule has 1 atom stereocenters. The molecule has 0 aromatic heterocycles. The summed E-state index contributed by atoms with van der Waals surface area (Å²) in [5, 5.41) is 0. The molecule has 2 saturated heterocycles. The number of urea groups is 1. The van der Waals surface area contributed by atoms with Crippen LogP contribution in [0.2, 0.25) is 0 Å². The third-order valence-corrected chi connectivity index (χ3v) is 5.81. The van der Waals surface area contributed by atoms with Crippen molar-refractivity contribution in [3.05, 3.63) is 30.3 Å². The van der Waals surface area contributed by atoms with Gasteiger partial charge in [0.2, 0.25) is 5.91 Å². The first-order chi connectivity index (χ1) is 13.0. The van der Waals surface area contributed by atoms with Crippen molar-refractivity contribution in [1.82, 2.24) is 14.7 Å². The zero-order valence-corrected chi connectivity index (χ0v) is 16.8. The minimum atomic E-state index is 0.0428. The van der Waals surface area contributed by atoms with Gasteiger partial charge in [-0.25, -0.2) is 4.79 Å². The number of para-hydroxylation sites is 1. The van der Waals surface area contributed by atoms with Gasteiger partial charge in [-0.2, -0.15) is 0 Å². The summed E-state index contributed by atoms with van der Waals surface area (Å²) in [6, 6.07) is 10.5. The molecule has 148 valence electrons. The number of carbonyl (C=O) groups excluding carboxylic acids is 2. The summed E-state index contributed by atoms with van der Waals surface area (Å²) >= 11 is 0. The molecule has 27 heavy (non-hydrogen) atoms. The average molecular weight is 373 g/mol. The summed E-state index contributed by atoms with van der Waals surface area (Å²) in [7, 11) is 5.48. The second-order valence-corrected chi connectivity index (χ2v) is 8.09. The minimum absolute atomic E-state index is 0.0428. The van der Waals surface area contributed by atoms with Crippen LogP contribution in [-0.4, -0.2) is 80.5 Å². The minimum Gasteiger partial charge on any atom is -0.371 e. The quantitative estimate of drug-likeness (QED) is 0.815. The van der Waals surface area contributed by atoms with E-state index in [0.717, 1.165) is 38.9 Å². The van der Waals surface area contributed by atoms with Crippen LogP contribution in [-0.2, 0) is 4.79 Å². The summed E-state index contributed by atoms with van der Waals surface area (Å²) in [5.74, 6) is 0.813. The van der Waals surface area contributed by atoms with E-state index in [0.29, 0.717) is 19.0 Å². The van der Waals surface area contributed by atoms with Crippen molar-refractivity contribution in [1.29, 1.82) is 0 Å². The number of amides is 3. The highest BCUT2D eigenvalue weighted by Crippen LogP contribution is 2.25. The maximum absolute atomic E-state index is 12.8. The zero-order valence-electron chi connectivity index (χ0n) is 16.8. The molecule has 2 aliphatic rings. The Labute approximate surface area is 162 Å². The third-order valence-electron chi connectivity index (χ3n) is 5.81. The molecule has 1 unspecified atom stereocenters. The Morgan fingerprint density at radius 1 is 1.00 bits per heavy atom. The lowest BCUT2D eigenvalue weighted by Gasteiger charge is -2.35. The summed E-state index contributed by atoms with van der Waals surface area (Å²) < 4.78 is 0. The number of piperidine rings is 1. The lowest BCUT2D eigenvalue weighted by Crippen LogP contribution is -2.47. The lowest BCUT2D eigenvalue weighted by atomic mass is 9.95. The number of benzene rings is 1. The molecule has 0 radical (unpaired) electrons. The Hall–Kier alpha value is -2.24. The molecule has 0 spiro atoms. The number of anilines is 1. The second-order valence-electron chi connectivity index (χ2n) is 8.09. The number of hydrogen-bond acceptors (Lipinski definition) is 3. The maximum Gasteiger partial charge on any atom is 0.319 e. The van der Waals surface area contributed by atoms with Gasteiger partial charge in [0.05, 0.1) is 0 Å². The second kappa shape index (κ2) is 8.63. The molecule has 3 amide bonds. The number of carbonyl (C=O) groups is 2. The average Bonchev–Trinajstić information content (AvgIpc) is 3.16. The summed E-state index contributed by atoms with van der Waals surface area (Å²) in [4.78, 5) is 32.7. The molecule has 2 heterocycles. The number of rotatable bonds is 4. The number of hydrogen-bond donors (Lipinski definition) is 0. The predicted octanol–water partition coefficient (Wildman–Crippen LogP) is 2.36. The standard InChI is InChI=1S/C21H32N4O2/c1-22(2)21(27)24-13-10-18(11-14-24)20(26)23(3)15-17-9-12-25(16-17)19-7-5-4-6-8-19/h4-8,17-18H,9-16H2,1-3H3. The first-order valence-electron chi connectivity index (χ1n) is 9.97. The van der Waals surface area contributed by atoms with Gasteiger partial charge in [-0.3, -0.25) is 4.79 Å². The van der Waals surface area contributed by atoms with Gasteiger partial charge in [-0.05, 0) is 37.3 Å². The molecule has 2 aliphatic heterocycles. The molecule has 0 saturated carbocycles. The molecule has 0 N–H and O–H groups in total. The molecule has 2 fully saturated rings. The molecule has 1 aromatic rings. The molecule has 6 nitrogen and oxygen atoms in total. The molecular weight excluding hydrogens is 340 g/mol. The monoisotopic (exact) mass is 372 g/mol. The molecule has 3 rings (SSSR count). The van der Waals surface area contributed by atoms with Gasteiger partial charge in [-0.15, -0.1) is 0 Å². The van der Waals surface area contributed by atoms with Crippen molar-refractivity contribution >= 4 is 17.6 Å². The predicted molar refractivity (Wildman–Crippen MR) is 108 cm³/mol. The van der Waals surface area contributed by atoms with Crippen molar-refractivity contribution in [2.24, 2.45) is 11.8 Å². The van der Waals surface area contributed by atoms with E-state index >= 15 is 0 Å². The van der Waals surface area contributed by atoms with E-state index in [1.165, 1.54) is 5.69 Å². The topological polar surface area (TPSA) is 47.1 Å². The Bertz CT molecular complexity index is 641. The van der Waals surface area contributed by atoms with Crippen molar-refractivity contribution in [2.45, 2.75) is 19.3 Å². The van der Waals surface area contributed by atoms with Crippen molar-refractivity contribution < 1.29 is 9.59 Å². The number of nitrogens with zero attached hydrogens (tertiary/aromatic N) is 4. The Balaban J connectivity index is 1.46. The third kappa shape index (κ3) is 4.73. The van der Waals surface area contributed by atoms with E-state index in [2.05, 4.69) is 29.2 Å². The van der Waals surface area contributed by atoms with Gasteiger partial charge < -0.3 is 19.6 Å². The van der Waals surface area contributed by atoms with E-state index in [1.807, 2.05) is 22.9 Å². The van der Waals surface area contributed by atoms with E-state index in [1.54, 1.807) is 19.0 Å². The van der Waals surface area contributed by atoms with Crippen molar-refractivity contribution in [2.75, 3.05) is 58.8 Å². The van der Waals surface area contributed by atoms with Crippen molar-refractivity contribution in [3.63, 3.8) is 0 Å². The largest absolute Gasteiger partial charge is 0.371 e. The van der Waals surface area contributed by atoms with E-state index in [9.17, 15) is 9.59 Å².